The Balaban J connectivity index is 1.89. The molecule has 0 radical (unpaired) electrons. The van der Waals surface area contributed by atoms with E-state index in [-0.39, 0.29) is 11.9 Å². The first-order valence-electron chi connectivity index (χ1n) is 7.94. The van der Waals surface area contributed by atoms with Gasteiger partial charge in [0.2, 0.25) is 5.91 Å². The average molecular weight is 266 g/mol. The van der Waals surface area contributed by atoms with Gasteiger partial charge in [0.1, 0.15) is 0 Å². The fraction of sp³-hybridized carbons (Fsp3) is 0.938. The summed E-state index contributed by atoms with van der Waals surface area (Å²) < 4.78 is 0. The summed E-state index contributed by atoms with van der Waals surface area (Å²) >= 11 is 0. The van der Waals surface area contributed by atoms with Crippen molar-refractivity contribution in [3.63, 3.8) is 0 Å². The minimum atomic E-state index is -0.0615. The number of hydrogen-bond donors (Lipinski definition) is 2. The average Bonchev–Trinajstić information content (AvgIpc) is 3.12. The lowest BCUT2D eigenvalue weighted by Crippen LogP contribution is -2.52. The molecule has 1 amide bonds. The molecule has 0 bridgehead atoms. The highest BCUT2D eigenvalue weighted by Gasteiger charge is 2.35. The SMILES string of the molecule is CC(NC1CCCCC1C(C)(C)C)C(=O)NC1CC1. The third kappa shape index (κ3) is 4.20. The van der Waals surface area contributed by atoms with Crippen LogP contribution in [0.2, 0.25) is 0 Å². The second-order valence-electron chi connectivity index (χ2n) is 7.53. The smallest absolute Gasteiger partial charge is 0.237 e. The molecule has 2 fully saturated rings. The largest absolute Gasteiger partial charge is 0.352 e. The first kappa shape index (κ1) is 14.8. The molecule has 3 atom stereocenters. The van der Waals surface area contributed by atoms with Crippen molar-refractivity contribution >= 4 is 5.91 Å². The molecule has 3 nitrogen and oxygen atoms in total. The van der Waals surface area contributed by atoms with Gasteiger partial charge in [-0.15, -0.1) is 0 Å². The molecular weight excluding hydrogens is 236 g/mol. The molecule has 2 N–H and O–H groups in total. The summed E-state index contributed by atoms with van der Waals surface area (Å²) in [5, 5.41) is 6.69. The molecule has 2 aliphatic carbocycles. The first-order valence-corrected chi connectivity index (χ1v) is 7.94. The van der Waals surface area contributed by atoms with Gasteiger partial charge in [-0.05, 0) is 43.9 Å². The van der Waals surface area contributed by atoms with E-state index in [9.17, 15) is 4.79 Å². The van der Waals surface area contributed by atoms with Gasteiger partial charge in [0.05, 0.1) is 6.04 Å². The van der Waals surface area contributed by atoms with Gasteiger partial charge in [-0.25, -0.2) is 0 Å². The lowest BCUT2D eigenvalue weighted by atomic mass is 9.69. The van der Waals surface area contributed by atoms with E-state index in [1.54, 1.807) is 0 Å². The highest BCUT2D eigenvalue weighted by atomic mass is 16.2. The molecule has 2 saturated carbocycles. The normalized spacial score (nSPS) is 29.9. The number of hydrogen-bond acceptors (Lipinski definition) is 2. The summed E-state index contributed by atoms with van der Waals surface area (Å²) in [5.41, 5.74) is 0.324. The highest BCUT2D eigenvalue weighted by molar-refractivity contribution is 5.81. The molecule has 0 aromatic heterocycles. The van der Waals surface area contributed by atoms with Crippen molar-refractivity contribution in [2.24, 2.45) is 11.3 Å². The molecule has 2 aliphatic rings. The van der Waals surface area contributed by atoms with Gasteiger partial charge in [-0.3, -0.25) is 4.79 Å². The fourth-order valence-corrected chi connectivity index (χ4v) is 3.32. The maximum atomic E-state index is 12.0. The van der Waals surface area contributed by atoms with Gasteiger partial charge in [-0.1, -0.05) is 33.6 Å². The molecule has 0 aliphatic heterocycles. The van der Waals surface area contributed by atoms with Crippen LogP contribution in [0, 0.1) is 11.3 Å². The Bertz CT molecular complexity index is 317. The number of carbonyl (C=O) groups excluding carboxylic acids is 1. The van der Waals surface area contributed by atoms with Gasteiger partial charge in [0.25, 0.3) is 0 Å². The summed E-state index contributed by atoms with van der Waals surface area (Å²) in [5.74, 6) is 0.859. The van der Waals surface area contributed by atoms with Crippen LogP contribution in [0.1, 0.15) is 66.2 Å². The Labute approximate surface area is 117 Å². The predicted molar refractivity (Wildman–Crippen MR) is 79.0 cm³/mol. The van der Waals surface area contributed by atoms with Gasteiger partial charge >= 0.3 is 0 Å². The fourth-order valence-electron chi connectivity index (χ4n) is 3.32. The van der Waals surface area contributed by atoms with E-state index >= 15 is 0 Å². The van der Waals surface area contributed by atoms with Crippen LogP contribution in [0.15, 0.2) is 0 Å². The third-order valence-electron chi connectivity index (χ3n) is 4.66. The first-order chi connectivity index (χ1) is 8.88. The van der Waals surface area contributed by atoms with Crippen LogP contribution in [0.3, 0.4) is 0 Å². The van der Waals surface area contributed by atoms with E-state index in [0.717, 1.165) is 12.8 Å². The van der Waals surface area contributed by atoms with E-state index in [1.165, 1.54) is 25.7 Å². The summed E-state index contributed by atoms with van der Waals surface area (Å²) in [4.78, 5) is 12.0. The molecule has 2 rings (SSSR count). The molecule has 0 aromatic carbocycles. The Kier molecular flexibility index (Phi) is 4.54. The quantitative estimate of drug-likeness (QED) is 0.821. The summed E-state index contributed by atoms with van der Waals surface area (Å²) in [7, 11) is 0. The Morgan fingerprint density at radius 2 is 1.74 bits per heavy atom. The zero-order valence-electron chi connectivity index (χ0n) is 13.0. The van der Waals surface area contributed by atoms with Crippen LogP contribution in [0.4, 0.5) is 0 Å². The summed E-state index contributed by atoms with van der Waals surface area (Å²) in [6, 6.07) is 0.892. The van der Waals surface area contributed by atoms with Crippen LogP contribution < -0.4 is 10.6 Å². The lowest BCUT2D eigenvalue weighted by Gasteiger charge is -2.42. The monoisotopic (exact) mass is 266 g/mol. The van der Waals surface area contributed by atoms with Crippen molar-refractivity contribution < 1.29 is 4.79 Å². The number of amides is 1. The van der Waals surface area contributed by atoms with Gasteiger partial charge < -0.3 is 10.6 Å². The van der Waals surface area contributed by atoms with Gasteiger partial charge in [0.15, 0.2) is 0 Å². The zero-order chi connectivity index (χ0) is 14.0. The third-order valence-corrected chi connectivity index (χ3v) is 4.66. The zero-order valence-corrected chi connectivity index (χ0v) is 13.0. The van der Waals surface area contributed by atoms with Crippen molar-refractivity contribution in [3.05, 3.63) is 0 Å². The van der Waals surface area contributed by atoms with Crippen LogP contribution in [0.25, 0.3) is 0 Å². The van der Waals surface area contributed by atoms with E-state index in [4.69, 9.17) is 0 Å². The van der Waals surface area contributed by atoms with Crippen LogP contribution in [-0.2, 0) is 4.79 Å². The van der Waals surface area contributed by atoms with Crippen molar-refractivity contribution in [1.29, 1.82) is 0 Å². The van der Waals surface area contributed by atoms with E-state index in [1.807, 2.05) is 6.92 Å². The standard InChI is InChI=1S/C16H30N2O/c1-11(15(19)18-12-9-10-12)17-14-8-6-5-7-13(14)16(2,3)4/h11-14,17H,5-10H2,1-4H3,(H,18,19). The van der Waals surface area contributed by atoms with Crippen LogP contribution in [-0.4, -0.2) is 24.0 Å². The second-order valence-corrected chi connectivity index (χ2v) is 7.53. The maximum absolute atomic E-state index is 12.0. The second kappa shape index (κ2) is 5.82. The van der Waals surface area contributed by atoms with Crippen LogP contribution in [0.5, 0.6) is 0 Å². The van der Waals surface area contributed by atoms with Crippen molar-refractivity contribution in [3.8, 4) is 0 Å². The topological polar surface area (TPSA) is 41.1 Å². The highest BCUT2D eigenvalue weighted by Crippen LogP contribution is 2.38. The van der Waals surface area contributed by atoms with Gasteiger partial charge in [0, 0.05) is 12.1 Å². The Morgan fingerprint density at radius 3 is 2.32 bits per heavy atom. The van der Waals surface area contributed by atoms with E-state index < -0.39 is 0 Å². The molecule has 0 saturated heterocycles. The molecule has 0 aromatic rings. The molecule has 0 spiro atoms. The predicted octanol–water partition coefficient (Wildman–Crippen LogP) is 2.85. The molecule has 3 heteroatoms. The van der Waals surface area contributed by atoms with Crippen LogP contribution >= 0.6 is 0 Å². The van der Waals surface area contributed by atoms with Crippen molar-refractivity contribution in [2.75, 3.05) is 0 Å². The molecule has 0 heterocycles. The Morgan fingerprint density at radius 1 is 1.11 bits per heavy atom. The molecule has 110 valence electrons. The molecule has 19 heavy (non-hydrogen) atoms. The van der Waals surface area contributed by atoms with Crippen molar-refractivity contribution in [2.45, 2.75) is 84.3 Å². The Hall–Kier alpha value is -0.570. The van der Waals surface area contributed by atoms with Crippen molar-refractivity contribution in [1.82, 2.24) is 10.6 Å². The van der Waals surface area contributed by atoms with E-state index in [0.29, 0.717) is 23.4 Å². The van der Waals surface area contributed by atoms with E-state index in [2.05, 4.69) is 31.4 Å². The number of carbonyl (C=O) groups is 1. The lowest BCUT2D eigenvalue weighted by molar-refractivity contribution is -0.123. The van der Waals surface area contributed by atoms with Gasteiger partial charge in [-0.2, -0.15) is 0 Å². The minimum Gasteiger partial charge on any atom is -0.352 e. The maximum Gasteiger partial charge on any atom is 0.237 e. The summed E-state index contributed by atoms with van der Waals surface area (Å²) in [6.07, 6.45) is 7.45. The minimum absolute atomic E-state index is 0.0615. The summed E-state index contributed by atoms with van der Waals surface area (Å²) in [6.45, 7) is 8.98. The number of nitrogens with one attached hydrogen (secondary N) is 2. The molecular formula is C16H30N2O. The molecule has 3 unspecified atom stereocenters. The number of rotatable bonds is 4.